The second kappa shape index (κ2) is 6.17. The van der Waals surface area contributed by atoms with E-state index in [1.165, 1.54) is 0 Å². The smallest absolute Gasteiger partial charge is 0.422 e. The van der Waals surface area contributed by atoms with Crippen molar-refractivity contribution in [2.24, 2.45) is 5.73 Å². The molecule has 7 heteroatoms. The molecule has 4 nitrogen and oxygen atoms in total. The topological polar surface area (TPSA) is 53.1 Å². The molecule has 0 amide bonds. The molecule has 0 fully saturated rings. The van der Waals surface area contributed by atoms with Crippen LogP contribution in [0.3, 0.4) is 0 Å². The predicted octanol–water partition coefficient (Wildman–Crippen LogP) is 2.76. The highest BCUT2D eigenvalue weighted by Gasteiger charge is 2.28. The van der Waals surface area contributed by atoms with Crippen molar-refractivity contribution in [1.82, 2.24) is 9.78 Å². The standard InChI is InChI=1S/C14H16F3N3O/c1-10-2-3-11(6-13(10)21-9-14(15,16)17)12-7-19-20(8-12)5-4-18/h2-3,6-8H,4-5,9,18H2,1H3. The molecule has 2 aromatic rings. The van der Waals surface area contributed by atoms with Gasteiger partial charge in [0.05, 0.1) is 12.7 Å². The molecule has 2 rings (SSSR count). The van der Waals surface area contributed by atoms with Gasteiger partial charge in [0, 0.05) is 18.3 Å². The maximum atomic E-state index is 12.2. The van der Waals surface area contributed by atoms with Crippen molar-refractivity contribution in [1.29, 1.82) is 0 Å². The third-order valence-electron chi connectivity index (χ3n) is 2.90. The van der Waals surface area contributed by atoms with Crippen LogP contribution in [0.25, 0.3) is 11.1 Å². The van der Waals surface area contributed by atoms with Gasteiger partial charge in [-0.1, -0.05) is 12.1 Å². The van der Waals surface area contributed by atoms with E-state index < -0.39 is 12.8 Å². The zero-order chi connectivity index (χ0) is 15.5. The summed E-state index contributed by atoms with van der Waals surface area (Å²) in [7, 11) is 0. The van der Waals surface area contributed by atoms with Crippen molar-refractivity contribution < 1.29 is 17.9 Å². The van der Waals surface area contributed by atoms with Gasteiger partial charge in [-0.05, 0) is 24.1 Å². The summed E-state index contributed by atoms with van der Waals surface area (Å²) in [4.78, 5) is 0. The number of aromatic nitrogens is 2. The molecule has 0 bridgehead atoms. The summed E-state index contributed by atoms with van der Waals surface area (Å²) in [6.07, 6.45) is -0.909. The van der Waals surface area contributed by atoms with Gasteiger partial charge in [-0.3, -0.25) is 4.68 Å². The number of halogens is 3. The van der Waals surface area contributed by atoms with E-state index in [4.69, 9.17) is 10.5 Å². The summed E-state index contributed by atoms with van der Waals surface area (Å²) < 4.78 is 43.2. The zero-order valence-electron chi connectivity index (χ0n) is 11.5. The fourth-order valence-corrected chi connectivity index (χ4v) is 1.86. The lowest BCUT2D eigenvalue weighted by molar-refractivity contribution is -0.153. The minimum atomic E-state index is -4.35. The molecule has 0 unspecified atom stereocenters. The molecule has 1 aromatic heterocycles. The number of aryl methyl sites for hydroxylation is 1. The Bertz CT molecular complexity index is 608. The Kier molecular flexibility index (Phi) is 4.52. The van der Waals surface area contributed by atoms with Crippen LogP contribution in [0.1, 0.15) is 5.56 Å². The molecule has 1 heterocycles. The lowest BCUT2D eigenvalue weighted by Crippen LogP contribution is -2.19. The molecular formula is C14H16F3N3O. The van der Waals surface area contributed by atoms with Crippen LogP contribution in [-0.2, 0) is 6.54 Å². The number of nitrogens with zero attached hydrogens (tertiary/aromatic N) is 2. The SMILES string of the molecule is Cc1ccc(-c2cnn(CCN)c2)cc1OCC(F)(F)F. The monoisotopic (exact) mass is 299 g/mol. The van der Waals surface area contributed by atoms with Crippen LogP contribution in [0.5, 0.6) is 5.75 Å². The van der Waals surface area contributed by atoms with E-state index in [0.29, 0.717) is 18.7 Å². The Morgan fingerprint density at radius 3 is 2.71 bits per heavy atom. The zero-order valence-corrected chi connectivity index (χ0v) is 11.5. The van der Waals surface area contributed by atoms with Crippen LogP contribution in [0, 0.1) is 6.92 Å². The van der Waals surface area contributed by atoms with E-state index in [-0.39, 0.29) is 5.75 Å². The van der Waals surface area contributed by atoms with Crippen molar-refractivity contribution in [2.75, 3.05) is 13.2 Å². The molecule has 1 aromatic carbocycles. The van der Waals surface area contributed by atoms with E-state index in [2.05, 4.69) is 5.10 Å². The Hall–Kier alpha value is -2.02. The van der Waals surface area contributed by atoms with E-state index in [1.54, 1.807) is 36.1 Å². The lowest BCUT2D eigenvalue weighted by atomic mass is 10.1. The molecule has 0 radical (unpaired) electrons. The van der Waals surface area contributed by atoms with Crippen molar-refractivity contribution in [2.45, 2.75) is 19.6 Å². The summed E-state index contributed by atoms with van der Waals surface area (Å²) in [5.74, 6) is 0.219. The molecule has 2 N–H and O–H groups in total. The van der Waals surface area contributed by atoms with Crippen molar-refractivity contribution in [3.05, 3.63) is 36.2 Å². The third-order valence-corrected chi connectivity index (χ3v) is 2.90. The van der Waals surface area contributed by atoms with Gasteiger partial charge in [0.2, 0.25) is 0 Å². The first-order chi connectivity index (χ1) is 9.89. The largest absolute Gasteiger partial charge is 0.484 e. The summed E-state index contributed by atoms with van der Waals surface area (Å²) in [5, 5.41) is 4.14. The molecule has 0 spiro atoms. The Labute approximate surface area is 120 Å². The maximum Gasteiger partial charge on any atom is 0.422 e. The molecule has 0 saturated heterocycles. The Morgan fingerprint density at radius 1 is 1.29 bits per heavy atom. The number of alkyl halides is 3. The molecule has 0 aliphatic rings. The van der Waals surface area contributed by atoms with Crippen LogP contribution >= 0.6 is 0 Å². The lowest BCUT2D eigenvalue weighted by Gasteiger charge is -2.12. The van der Waals surface area contributed by atoms with Crippen LogP contribution in [0.4, 0.5) is 13.2 Å². The average Bonchev–Trinajstić information content (AvgIpc) is 2.86. The minimum Gasteiger partial charge on any atom is -0.484 e. The molecule has 0 saturated carbocycles. The van der Waals surface area contributed by atoms with Gasteiger partial charge in [0.25, 0.3) is 0 Å². The molecular weight excluding hydrogens is 283 g/mol. The van der Waals surface area contributed by atoms with E-state index >= 15 is 0 Å². The summed E-state index contributed by atoms with van der Waals surface area (Å²) in [5.41, 5.74) is 7.65. The summed E-state index contributed by atoms with van der Waals surface area (Å²) >= 11 is 0. The predicted molar refractivity (Wildman–Crippen MR) is 73.0 cm³/mol. The summed E-state index contributed by atoms with van der Waals surface area (Å²) in [6, 6.07) is 5.13. The van der Waals surface area contributed by atoms with Crippen LogP contribution in [0.15, 0.2) is 30.6 Å². The quantitative estimate of drug-likeness (QED) is 0.923. The highest BCUT2D eigenvalue weighted by molar-refractivity contribution is 5.64. The van der Waals surface area contributed by atoms with Crippen LogP contribution in [-0.4, -0.2) is 29.1 Å². The van der Waals surface area contributed by atoms with E-state index in [0.717, 1.165) is 11.1 Å². The van der Waals surface area contributed by atoms with Gasteiger partial charge in [0.15, 0.2) is 6.61 Å². The van der Waals surface area contributed by atoms with Crippen molar-refractivity contribution in [3.63, 3.8) is 0 Å². The highest BCUT2D eigenvalue weighted by Crippen LogP contribution is 2.28. The third kappa shape index (κ3) is 4.22. The van der Waals surface area contributed by atoms with E-state index in [9.17, 15) is 13.2 Å². The molecule has 0 aliphatic heterocycles. The molecule has 21 heavy (non-hydrogen) atoms. The first-order valence-electron chi connectivity index (χ1n) is 6.42. The van der Waals surface area contributed by atoms with Gasteiger partial charge in [-0.15, -0.1) is 0 Å². The van der Waals surface area contributed by atoms with Gasteiger partial charge in [-0.2, -0.15) is 18.3 Å². The number of hydrogen-bond acceptors (Lipinski definition) is 3. The number of nitrogens with two attached hydrogens (primary N) is 1. The number of rotatable bonds is 5. The first kappa shape index (κ1) is 15.4. The second-order valence-corrected chi connectivity index (χ2v) is 4.66. The minimum absolute atomic E-state index is 0.219. The van der Waals surface area contributed by atoms with Crippen molar-refractivity contribution in [3.8, 4) is 16.9 Å². The summed E-state index contributed by atoms with van der Waals surface area (Å²) in [6.45, 7) is 1.45. The Balaban J connectivity index is 2.20. The maximum absolute atomic E-state index is 12.2. The number of benzene rings is 1. The Morgan fingerprint density at radius 2 is 2.05 bits per heavy atom. The second-order valence-electron chi connectivity index (χ2n) is 4.66. The number of hydrogen-bond donors (Lipinski definition) is 1. The van der Waals surface area contributed by atoms with Gasteiger partial charge < -0.3 is 10.5 Å². The fraction of sp³-hybridized carbons (Fsp3) is 0.357. The van der Waals surface area contributed by atoms with Gasteiger partial charge in [0.1, 0.15) is 5.75 Å². The van der Waals surface area contributed by atoms with Crippen molar-refractivity contribution >= 4 is 0 Å². The fourth-order valence-electron chi connectivity index (χ4n) is 1.86. The van der Waals surface area contributed by atoms with E-state index in [1.807, 2.05) is 6.07 Å². The molecule has 0 aliphatic carbocycles. The first-order valence-corrected chi connectivity index (χ1v) is 6.42. The van der Waals surface area contributed by atoms with Crippen LogP contribution in [0.2, 0.25) is 0 Å². The average molecular weight is 299 g/mol. The van der Waals surface area contributed by atoms with Crippen LogP contribution < -0.4 is 10.5 Å². The van der Waals surface area contributed by atoms with Gasteiger partial charge in [-0.25, -0.2) is 0 Å². The normalized spacial score (nSPS) is 11.7. The molecule has 0 atom stereocenters. The molecule has 114 valence electrons. The van der Waals surface area contributed by atoms with Gasteiger partial charge >= 0.3 is 6.18 Å². The number of ether oxygens (including phenoxy) is 1. The highest BCUT2D eigenvalue weighted by atomic mass is 19.4.